The monoisotopic (exact) mass is 406 g/mol. The molecule has 0 radical (unpaired) electrons. The molecule has 0 fully saturated rings. The molecule has 1 aromatic carbocycles. The molecule has 0 aliphatic carbocycles. The Balaban J connectivity index is 2.16. The number of aromatic nitrogens is 3. The molecule has 1 unspecified atom stereocenters. The van der Waals surface area contributed by atoms with Crippen LogP contribution in [0.5, 0.6) is 0 Å². The fraction of sp³-hybridized carbons (Fsp3) is 0.357. The fourth-order valence-electron chi connectivity index (χ4n) is 2.25. The second kappa shape index (κ2) is 8.24. The molecule has 3 N–H and O–H groups in total. The van der Waals surface area contributed by atoms with E-state index < -0.39 is 22.4 Å². The van der Waals surface area contributed by atoms with Crippen molar-refractivity contribution in [2.24, 2.45) is 5.41 Å². The predicted molar refractivity (Wildman–Crippen MR) is 93.8 cm³/mol. The van der Waals surface area contributed by atoms with E-state index in [1.807, 2.05) is 0 Å². The Morgan fingerprint density at radius 3 is 2.80 bits per heavy atom. The number of rotatable bonds is 7. The van der Waals surface area contributed by atoms with Crippen LogP contribution in [0.15, 0.2) is 24.4 Å². The zero-order valence-electron chi connectivity index (χ0n) is 13.1. The van der Waals surface area contributed by atoms with Gasteiger partial charge in [-0.2, -0.15) is 0 Å². The zero-order chi connectivity index (χ0) is 18.6. The number of hydrogen-bond acceptors (Lipinski definition) is 5. The lowest BCUT2D eigenvalue weighted by Crippen LogP contribution is -2.42. The third kappa shape index (κ3) is 4.77. The van der Waals surface area contributed by atoms with Crippen LogP contribution in [0.3, 0.4) is 0 Å². The Bertz CT molecular complexity index is 801. The van der Waals surface area contributed by atoms with E-state index in [4.69, 9.17) is 33.0 Å². The zero-order valence-corrected chi connectivity index (χ0v) is 15.5. The highest BCUT2D eigenvalue weighted by Gasteiger charge is 2.35. The Hall–Kier alpha value is -1.52. The van der Waals surface area contributed by atoms with Crippen LogP contribution < -0.4 is 5.48 Å². The highest BCUT2D eigenvalue weighted by molar-refractivity contribution is 7.79. The maximum atomic E-state index is 11.8. The van der Waals surface area contributed by atoms with Crippen LogP contribution in [0, 0.1) is 5.41 Å². The fourth-order valence-corrected chi connectivity index (χ4v) is 3.47. The maximum Gasteiger partial charge on any atom is 0.250 e. The van der Waals surface area contributed by atoms with Gasteiger partial charge in [-0.25, -0.2) is 9.69 Å². The number of halogens is 2. The molecule has 2 aromatic rings. The maximum absolute atomic E-state index is 11.8. The minimum atomic E-state index is -2.19. The van der Waals surface area contributed by atoms with Crippen LogP contribution in [0.1, 0.15) is 13.3 Å². The second-order valence-electron chi connectivity index (χ2n) is 5.69. The molecule has 11 heteroatoms. The van der Waals surface area contributed by atoms with Crippen LogP contribution in [0.25, 0.3) is 11.3 Å². The van der Waals surface area contributed by atoms with Crippen LogP contribution in [-0.4, -0.2) is 40.6 Å². The molecule has 0 saturated heterocycles. The summed E-state index contributed by atoms with van der Waals surface area (Å²) < 4.78 is 21.7. The van der Waals surface area contributed by atoms with Crippen molar-refractivity contribution in [2.75, 3.05) is 5.75 Å². The highest BCUT2D eigenvalue weighted by atomic mass is 35.5. The van der Waals surface area contributed by atoms with Crippen molar-refractivity contribution in [3.8, 4) is 11.3 Å². The number of nitrogens with one attached hydrogen (secondary N) is 1. The van der Waals surface area contributed by atoms with Crippen molar-refractivity contribution in [3.05, 3.63) is 34.4 Å². The van der Waals surface area contributed by atoms with Gasteiger partial charge in [0, 0.05) is 12.1 Å². The summed E-state index contributed by atoms with van der Waals surface area (Å²) in [7, 11) is 0. The summed E-state index contributed by atoms with van der Waals surface area (Å²) in [4.78, 5) is 11.8. The number of carbonyl (C=O) groups is 1. The van der Waals surface area contributed by atoms with Gasteiger partial charge in [0.25, 0.3) is 0 Å². The van der Waals surface area contributed by atoms with Crippen molar-refractivity contribution in [1.29, 1.82) is 0 Å². The largest absolute Gasteiger partial charge is 0.306 e. The van der Waals surface area contributed by atoms with Crippen LogP contribution in [-0.2, 0) is 22.4 Å². The molecule has 2 rings (SSSR count). The van der Waals surface area contributed by atoms with Gasteiger partial charge >= 0.3 is 0 Å². The SMILES string of the molecule is C[C@](CCn1cc(-c2cccc(Cl)c2Cl)nn1)(CS(=O)O)C(=O)NO. The first-order chi connectivity index (χ1) is 11.8. The Morgan fingerprint density at radius 1 is 1.44 bits per heavy atom. The van der Waals surface area contributed by atoms with Gasteiger partial charge in [0.05, 0.1) is 27.4 Å². The number of benzene rings is 1. The molecule has 136 valence electrons. The number of hydroxylamine groups is 1. The lowest BCUT2D eigenvalue weighted by atomic mass is 9.88. The summed E-state index contributed by atoms with van der Waals surface area (Å²) in [5, 5.41) is 17.6. The third-order valence-electron chi connectivity index (χ3n) is 3.75. The van der Waals surface area contributed by atoms with Gasteiger partial charge in [-0.15, -0.1) is 5.10 Å². The second-order valence-corrected chi connectivity index (χ2v) is 7.40. The van der Waals surface area contributed by atoms with Crippen molar-refractivity contribution < 1.29 is 18.8 Å². The van der Waals surface area contributed by atoms with E-state index in [-0.39, 0.29) is 18.7 Å². The lowest BCUT2D eigenvalue weighted by Gasteiger charge is -2.25. The van der Waals surface area contributed by atoms with E-state index in [9.17, 15) is 9.00 Å². The van der Waals surface area contributed by atoms with Gasteiger partial charge in [-0.05, 0) is 19.4 Å². The molecule has 1 aromatic heterocycles. The van der Waals surface area contributed by atoms with Crippen molar-refractivity contribution in [3.63, 3.8) is 0 Å². The molecule has 1 heterocycles. The minimum Gasteiger partial charge on any atom is -0.306 e. The van der Waals surface area contributed by atoms with Crippen LogP contribution >= 0.6 is 23.2 Å². The molecular formula is C14H16Cl2N4O4S. The average molecular weight is 407 g/mol. The quantitative estimate of drug-likeness (QED) is 0.369. The normalized spacial score (nSPS) is 14.8. The number of aryl methyl sites for hydroxylation is 1. The number of nitrogens with zero attached hydrogens (tertiary/aromatic N) is 3. The van der Waals surface area contributed by atoms with Crippen molar-refractivity contribution in [1.82, 2.24) is 20.5 Å². The first-order valence-electron chi connectivity index (χ1n) is 7.13. The summed E-state index contributed by atoms with van der Waals surface area (Å²) in [5.41, 5.74) is 1.41. The van der Waals surface area contributed by atoms with E-state index in [2.05, 4.69) is 10.3 Å². The van der Waals surface area contributed by atoms with Crippen molar-refractivity contribution >= 4 is 40.2 Å². The summed E-state index contributed by atoms with van der Waals surface area (Å²) in [6, 6.07) is 5.15. The van der Waals surface area contributed by atoms with Gasteiger partial charge in [-0.1, -0.05) is 40.5 Å². The van der Waals surface area contributed by atoms with Gasteiger partial charge in [0.2, 0.25) is 5.91 Å². The predicted octanol–water partition coefficient (Wildman–Crippen LogP) is 2.38. The highest BCUT2D eigenvalue weighted by Crippen LogP contribution is 2.32. The summed E-state index contributed by atoms with van der Waals surface area (Å²) in [6.45, 7) is 1.73. The first-order valence-corrected chi connectivity index (χ1v) is 9.16. The molecule has 0 saturated carbocycles. The minimum absolute atomic E-state index is 0.164. The molecule has 0 bridgehead atoms. The smallest absolute Gasteiger partial charge is 0.250 e. The van der Waals surface area contributed by atoms with E-state index in [1.165, 1.54) is 17.1 Å². The van der Waals surface area contributed by atoms with Gasteiger partial charge in [-0.3, -0.25) is 14.7 Å². The summed E-state index contributed by atoms with van der Waals surface area (Å²) in [6.07, 6.45) is 1.79. The molecule has 1 amide bonds. The van der Waals surface area contributed by atoms with E-state index in [1.54, 1.807) is 24.4 Å². The number of carbonyl (C=O) groups excluding carboxylic acids is 1. The standard InChI is InChI=1S/C14H16Cl2N4O4S/c1-14(8-25(23)24,13(21)18-22)5-6-20-7-11(17-19-20)9-3-2-4-10(15)12(9)16/h2-4,7,22H,5-6,8H2,1H3,(H,18,21)(H,23,24)/t14-/m0/s1. The molecule has 2 atom stereocenters. The van der Waals surface area contributed by atoms with Gasteiger partial charge < -0.3 is 4.55 Å². The van der Waals surface area contributed by atoms with Crippen molar-refractivity contribution in [2.45, 2.75) is 19.9 Å². The molecule has 8 nitrogen and oxygen atoms in total. The Kier molecular flexibility index (Phi) is 6.53. The lowest BCUT2D eigenvalue weighted by molar-refractivity contribution is -0.138. The molecule has 0 aliphatic heterocycles. The Labute approximate surface area is 156 Å². The third-order valence-corrected chi connectivity index (χ3v) is 5.45. The molecule has 0 spiro atoms. The summed E-state index contributed by atoms with van der Waals surface area (Å²) >= 11 is 9.94. The van der Waals surface area contributed by atoms with Gasteiger partial charge in [0.1, 0.15) is 5.69 Å². The summed E-state index contributed by atoms with van der Waals surface area (Å²) in [5.74, 6) is -1.06. The first kappa shape index (κ1) is 19.8. The van der Waals surface area contributed by atoms with E-state index in [0.717, 1.165) is 0 Å². The number of hydrogen-bond donors (Lipinski definition) is 3. The molecule has 0 aliphatic rings. The van der Waals surface area contributed by atoms with E-state index >= 15 is 0 Å². The van der Waals surface area contributed by atoms with E-state index in [0.29, 0.717) is 21.3 Å². The van der Waals surface area contributed by atoms with Crippen LogP contribution in [0.4, 0.5) is 0 Å². The molecular weight excluding hydrogens is 391 g/mol. The van der Waals surface area contributed by atoms with Gasteiger partial charge in [0.15, 0.2) is 11.1 Å². The average Bonchev–Trinajstić information content (AvgIpc) is 3.03. The molecule has 25 heavy (non-hydrogen) atoms. The Morgan fingerprint density at radius 2 is 2.16 bits per heavy atom. The number of amides is 1. The van der Waals surface area contributed by atoms with Crippen LogP contribution in [0.2, 0.25) is 10.0 Å². The topological polar surface area (TPSA) is 117 Å².